The van der Waals surface area contributed by atoms with Gasteiger partial charge in [0.25, 0.3) is 0 Å². The summed E-state index contributed by atoms with van der Waals surface area (Å²) in [5, 5.41) is 12.5. The van der Waals surface area contributed by atoms with Crippen molar-refractivity contribution in [3.05, 3.63) is 52.0 Å². The first kappa shape index (κ1) is 13.2. The van der Waals surface area contributed by atoms with Gasteiger partial charge in [-0.1, -0.05) is 13.0 Å². The fourth-order valence-corrected chi connectivity index (χ4v) is 3.13. The molecule has 0 saturated carbocycles. The lowest BCUT2D eigenvalue weighted by atomic mass is 9.95. The first-order valence-corrected chi connectivity index (χ1v) is 7.01. The Labute approximate surface area is 111 Å². The number of pyridine rings is 1. The molecule has 2 unspecified atom stereocenters. The molecule has 0 radical (unpaired) electrons. The van der Waals surface area contributed by atoms with E-state index in [1.165, 1.54) is 5.56 Å². The van der Waals surface area contributed by atoms with Gasteiger partial charge in [-0.15, -0.1) is 11.3 Å². The van der Waals surface area contributed by atoms with Gasteiger partial charge in [0.15, 0.2) is 0 Å². The van der Waals surface area contributed by atoms with E-state index in [1.807, 2.05) is 23.6 Å². The lowest BCUT2D eigenvalue weighted by Gasteiger charge is -2.21. The van der Waals surface area contributed by atoms with E-state index in [9.17, 15) is 5.11 Å². The van der Waals surface area contributed by atoms with Crippen LogP contribution in [0.3, 0.4) is 0 Å². The van der Waals surface area contributed by atoms with Crippen LogP contribution < -0.4 is 5.73 Å². The monoisotopic (exact) mass is 262 g/mol. The van der Waals surface area contributed by atoms with Crippen molar-refractivity contribution in [1.82, 2.24) is 4.98 Å². The minimum atomic E-state index is -0.570. The van der Waals surface area contributed by atoms with Crippen LogP contribution in [-0.4, -0.2) is 16.6 Å². The van der Waals surface area contributed by atoms with Gasteiger partial charge in [0.1, 0.15) is 0 Å². The molecule has 0 aromatic carbocycles. The van der Waals surface area contributed by atoms with Crippen molar-refractivity contribution < 1.29 is 5.11 Å². The molecule has 2 aromatic rings. The van der Waals surface area contributed by atoms with Gasteiger partial charge in [0.2, 0.25) is 0 Å². The maximum Gasteiger partial charge on any atom is 0.0980 e. The highest BCUT2D eigenvalue weighted by Gasteiger charge is 2.25. The number of nitrogens with zero attached hydrogens (tertiary/aromatic N) is 1. The number of aliphatic hydroxyl groups excluding tert-OH is 1. The van der Waals surface area contributed by atoms with Crippen LogP contribution in [0.15, 0.2) is 35.8 Å². The molecular weight excluding hydrogens is 244 g/mol. The Morgan fingerprint density at radius 2 is 2.22 bits per heavy atom. The molecule has 96 valence electrons. The quantitative estimate of drug-likeness (QED) is 0.870. The standard InChI is InChI=1S/C14H18N2OS/c1-2-10-6-8-18-14(10)13(17)11(9-15)12-5-3-4-7-16-12/h3-8,11,13,17H,2,9,15H2,1H3. The van der Waals surface area contributed by atoms with E-state index < -0.39 is 6.10 Å². The number of thiophene rings is 1. The fraction of sp³-hybridized carbons (Fsp3) is 0.357. The molecule has 0 amide bonds. The van der Waals surface area contributed by atoms with E-state index in [2.05, 4.69) is 18.0 Å². The van der Waals surface area contributed by atoms with Crippen molar-refractivity contribution in [1.29, 1.82) is 0 Å². The second kappa shape index (κ2) is 6.09. The zero-order valence-corrected chi connectivity index (χ0v) is 11.2. The number of hydrogen-bond donors (Lipinski definition) is 2. The molecule has 0 aliphatic heterocycles. The molecule has 3 nitrogen and oxygen atoms in total. The molecular formula is C14H18N2OS. The number of hydrogen-bond acceptors (Lipinski definition) is 4. The molecule has 0 aliphatic rings. The molecule has 2 aromatic heterocycles. The van der Waals surface area contributed by atoms with Crippen LogP contribution in [0.2, 0.25) is 0 Å². The number of nitrogens with two attached hydrogens (primary N) is 1. The lowest BCUT2D eigenvalue weighted by molar-refractivity contribution is 0.148. The highest BCUT2D eigenvalue weighted by Crippen LogP contribution is 2.34. The normalized spacial score (nSPS) is 14.4. The van der Waals surface area contributed by atoms with E-state index in [4.69, 9.17) is 5.73 Å². The smallest absolute Gasteiger partial charge is 0.0980 e. The average Bonchev–Trinajstić information content (AvgIpc) is 2.89. The molecule has 0 bridgehead atoms. The van der Waals surface area contributed by atoms with E-state index in [1.54, 1.807) is 17.5 Å². The largest absolute Gasteiger partial charge is 0.387 e. The van der Waals surface area contributed by atoms with Crippen molar-refractivity contribution in [3.8, 4) is 0 Å². The van der Waals surface area contributed by atoms with Crippen LogP contribution in [0.5, 0.6) is 0 Å². The van der Waals surface area contributed by atoms with Crippen molar-refractivity contribution in [2.24, 2.45) is 5.73 Å². The second-order valence-electron chi connectivity index (χ2n) is 4.21. The van der Waals surface area contributed by atoms with Gasteiger partial charge in [-0.25, -0.2) is 0 Å². The van der Waals surface area contributed by atoms with Crippen LogP contribution in [0.4, 0.5) is 0 Å². The van der Waals surface area contributed by atoms with Gasteiger partial charge in [0.05, 0.1) is 6.10 Å². The zero-order valence-electron chi connectivity index (χ0n) is 10.4. The molecule has 18 heavy (non-hydrogen) atoms. The first-order chi connectivity index (χ1) is 8.77. The number of aromatic nitrogens is 1. The summed E-state index contributed by atoms with van der Waals surface area (Å²) in [5.41, 5.74) is 7.85. The Morgan fingerprint density at radius 3 is 2.83 bits per heavy atom. The van der Waals surface area contributed by atoms with Crippen LogP contribution in [0.1, 0.15) is 35.1 Å². The topological polar surface area (TPSA) is 59.1 Å². The highest BCUT2D eigenvalue weighted by atomic mass is 32.1. The molecule has 0 spiro atoms. The first-order valence-electron chi connectivity index (χ1n) is 6.13. The van der Waals surface area contributed by atoms with Crippen LogP contribution in [-0.2, 0) is 6.42 Å². The number of rotatable bonds is 5. The molecule has 2 atom stereocenters. The predicted octanol–water partition coefficient (Wildman–Crippen LogP) is 2.48. The Kier molecular flexibility index (Phi) is 4.47. The minimum Gasteiger partial charge on any atom is -0.387 e. The minimum absolute atomic E-state index is 0.143. The summed E-state index contributed by atoms with van der Waals surface area (Å²) < 4.78 is 0. The van der Waals surface area contributed by atoms with Gasteiger partial charge in [-0.05, 0) is 35.6 Å². The summed E-state index contributed by atoms with van der Waals surface area (Å²) in [4.78, 5) is 5.31. The predicted molar refractivity (Wildman–Crippen MR) is 74.7 cm³/mol. The number of aryl methyl sites for hydroxylation is 1. The Hall–Kier alpha value is -1.23. The Balaban J connectivity index is 2.28. The highest BCUT2D eigenvalue weighted by molar-refractivity contribution is 7.10. The molecule has 0 fully saturated rings. The molecule has 0 saturated heterocycles. The third kappa shape index (κ3) is 2.61. The Bertz CT molecular complexity index is 484. The van der Waals surface area contributed by atoms with Crippen molar-refractivity contribution in [2.75, 3.05) is 6.54 Å². The third-order valence-corrected chi connectivity index (χ3v) is 4.16. The van der Waals surface area contributed by atoms with Gasteiger partial charge in [0, 0.05) is 29.2 Å². The molecule has 2 rings (SSSR count). The van der Waals surface area contributed by atoms with Gasteiger partial charge >= 0.3 is 0 Å². The van der Waals surface area contributed by atoms with E-state index in [0.29, 0.717) is 6.54 Å². The molecule has 4 heteroatoms. The van der Waals surface area contributed by atoms with Crippen molar-refractivity contribution in [2.45, 2.75) is 25.4 Å². The van der Waals surface area contributed by atoms with Crippen LogP contribution in [0.25, 0.3) is 0 Å². The van der Waals surface area contributed by atoms with Gasteiger partial charge < -0.3 is 10.8 Å². The third-order valence-electron chi connectivity index (χ3n) is 3.13. The maximum absolute atomic E-state index is 10.5. The van der Waals surface area contributed by atoms with Crippen molar-refractivity contribution in [3.63, 3.8) is 0 Å². The molecule has 2 heterocycles. The van der Waals surface area contributed by atoms with Gasteiger partial charge in [-0.3, -0.25) is 4.98 Å². The average molecular weight is 262 g/mol. The van der Waals surface area contributed by atoms with E-state index >= 15 is 0 Å². The number of aliphatic hydroxyl groups is 1. The van der Waals surface area contributed by atoms with E-state index in [-0.39, 0.29) is 5.92 Å². The summed E-state index contributed by atoms with van der Waals surface area (Å²) >= 11 is 1.59. The lowest BCUT2D eigenvalue weighted by Crippen LogP contribution is -2.21. The van der Waals surface area contributed by atoms with Crippen molar-refractivity contribution >= 4 is 11.3 Å². The van der Waals surface area contributed by atoms with Crippen LogP contribution >= 0.6 is 11.3 Å². The second-order valence-corrected chi connectivity index (χ2v) is 5.15. The molecule has 3 N–H and O–H groups in total. The zero-order chi connectivity index (χ0) is 13.0. The summed E-state index contributed by atoms with van der Waals surface area (Å²) in [7, 11) is 0. The SMILES string of the molecule is CCc1ccsc1C(O)C(CN)c1ccccn1. The van der Waals surface area contributed by atoms with Gasteiger partial charge in [-0.2, -0.15) is 0 Å². The summed E-state index contributed by atoms with van der Waals surface area (Å²) in [6.45, 7) is 2.48. The Morgan fingerprint density at radius 1 is 1.39 bits per heavy atom. The van der Waals surface area contributed by atoms with E-state index in [0.717, 1.165) is 17.0 Å². The summed E-state index contributed by atoms with van der Waals surface area (Å²) in [6.07, 6.45) is 2.09. The fourth-order valence-electron chi connectivity index (χ4n) is 2.09. The summed E-state index contributed by atoms with van der Waals surface area (Å²) in [6, 6.07) is 7.77. The molecule has 0 aliphatic carbocycles. The summed E-state index contributed by atoms with van der Waals surface area (Å²) in [5.74, 6) is -0.143. The maximum atomic E-state index is 10.5. The van der Waals surface area contributed by atoms with Crippen LogP contribution in [0, 0.1) is 0 Å².